The van der Waals surface area contributed by atoms with Gasteiger partial charge in [-0.1, -0.05) is 12.8 Å². The first-order valence-electron chi connectivity index (χ1n) is 5.98. The lowest BCUT2D eigenvalue weighted by Gasteiger charge is -2.19. The van der Waals surface area contributed by atoms with Crippen LogP contribution in [0.1, 0.15) is 25.7 Å². The van der Waals surface area contributed by atoms with E-state index in [0.29, 0.717) is 19.5 Å². The van der Waals surface area contributed by atoms with Crippen molar-refractivity contribution in [1.29, 1.82) is 0 Å². The van der Waals surface area contributed by atoms with Crippen LogP contribution in [-0.4, -0.2) is 63.9 Å². The van der Waals surface area contributed by atoms with Gasteiger partial charge in [0.2, 0.25) is 0 Å². The van der Waals surface area contributed by atoms with E-state index in [9.17, 15) is 4.57 Å². The minimum Gasteiger partial charge on any atom is -0.395 e. The molecule has 6 nitrogen and oxygen atoms in total. The number of hydrogen-bond donors (Lipinski definition) is 4. The van der Waals surface area contributed by atoms with Crippen molar-refractivity contribution >= 4 is 7.60 Å². The van der Waals surface area contributed by atoms with Crippen LogP contribution in [0, 0.1) is 0 Å². The zero-order chi connectivity index (χ0) is 13.1. The van der Waals surface area contributed by atoms with Crippen molar-refractivity contribution in [3.8, 4) is 0 Å². The molecule has 0 rings (SSSR count). The highest BCUT2D eigenvalue weighted by Crippen LogP contribution is 2.35. The average molecular weight is 269 g/mol. The third-order valence-electron chi connectivity index (χ3n) is 2.51. The summed E-state index contributed by atoms with van der Waals surface area (Å²) in [7, 11) is -3.83. The molecule has 0 heterocycles. The number of hydrogen-bond acceptors (Lipinski definition) is 4. The SMILES string of the molecule is O=P(O)(O)CCCCCCN(CCO)CCO. The first-order chi connectivity index (χ1) is 7.99. The van der Waals surface area contributed by atoms with E-state index in [1.807, 2.05) is 4.90 Å². The van der Waals surface area contributed by atoms with Gasteiger partial charge in [-0.25, -0.2) is 0 Å². The van der Waals surface area contributed by atoms with Crippen LogP contribution in [0.4, 0.5) is 0 Å². The van der Waals surface area contributed by atoms with Gasteiger partial charge in [0, 0.05) is 19.3 Å². The molecule has 0 aromatic rings. The van der Waals surface area contributed by atoms with E-state index in [-0.39, 0.29) is 19.4 Å². The molecule has 4 N–H and O–H groups in total. The lowest BCUT2D eigenvalue weighted by molar-refractivity contribution is 0.159. The maximum atomic E-state index is 10.6. The third kappa shape index (κ3) is 12.3. The van der Waals surface area contributed by atoms with Gasteiger partial charge in [-0.2, -0.15) is 0 Å². The van der Waals surface area contributed by atoms with Gasteiger partial charge in [0.05, 0.1) is 13.2 Å². The molecule has 0 amide bonds. The molecule has 17 heavy (non-hydrogen) atoms. The lowest BCUT2D eigenvalue weighted by Crippen LogP contribution is -2.30. The third-order valence-corrected chi connectivity index (χ3v) is 3.41. The van der Waals surface area contributed by atoms with Crippen molar-refractivity contribution in [2.24, 2.45) is 0 Å². The van der Waals surface area contributed by atoms with Gasteiger partial charge >= 0.3 is 7.60 Å². The van der Waals surface area contributed by atoms with E-state index >= 15 is 0 Å². The van der Waals surface area contributed by atoms with E-state index in [2.05, 4.69) is 0 Å². The number of aliphatic hydroxyl groups excluding tert-OH is 2. The Kier molecular flexibility index (Phi) is 10.0. The number of nitrogens with zero attached hydrogens (tertiary/aromatic N) is 1. The standard InChI is InChI=1S/C10H24NO5P/c12-8-6-11(7-9-13)5-3-1-2-4-10-17(14,15)16/h12-13H,1-10H2,(H2,14,15,16). The molecule has 7 heteroatoms. The maximum absolute atomic E-state index is 10.6. The fraction of sp³-hybridized carbons (Fsp3) is 1.00. The molecule has 0 saturated carbocycles. The summed E-state index contributed by atoms with van der Waals surface area (Å²) in [4.78, 5) is 19.3. The molecule has 0 unspecified atom stereocenters. The van der Waals surface area contributed by atoms with Crippen molar-refractivity contribution in [2.45, 2.75) is 25.7 Å². The van der Waals surface area contributed by atoms with Gasteiger partial charge in [0.25, 0.3) is 0 Å². The Hall–Kier alpha value is 0.0300. The molecule has 0 aromatic heterocycles. The molecular weight excluding hydrogens is 245 g/mol. The largest absolute Gasteiger partial charge is 0.395 e. The average Bonchev–Trinajstić information content (AvgIpc) is 2.22. The van der Waals surface area contributed by atoms with Crippen molar-refractivity contribution in [3.63, 3.8) is 0 Å². The number of rotatable bonds is 11. The summed E-state index contributed by atoms with van der Waals surface area (Å²) in [6, 6.07) is 0. The summed E-state index contributed by atoms with van der Waals surface area (Å²) < 4.78 is 10.6. The Labute approximate surface area is 102 Å². The van der Waals surface area contributed by atoms with Gasteiger partial charge in [0.1, 0.15) is 0 Å². The summed E-state index contributed by atoms with van der Waals surface area (Å²) in [6.07, 6.45) is 3.14. The topological polar surface area (TPSA) is 101 Å². The van der Waals surface area contributed by atoms with Crippen LogP contribution < -0.4 is 0 Å². The Morgan fingerprint density at radius 1 is 0.824 bits per heavy atom. The molecule has 0 atom stereocenters. The van der Waals surface area contributed by atoms with Crippen molar-refractivity contribution in [2.75, 3.05) is 39.0 Å². The number of aliphatic hydroxyl groups is 2. The van der Waals surface area contributed by atoms with E-state index in [4.69, 9.17) is 20.0 Å². The first-order valence-corrected chi connectivity index (χ1v) is 7.78. The van der Waals surface area contributed by atoms with Crippen LogP contribution in [0.3, 0.4) is 0 Å². The van der Waals surface area contributed by atoms with Gasteiger partial charge in [-0.3, -0.25) is 9.46 Å². The Morgan fingerprint density at radius 3 is 1.82 bits per heavy atom. The molecule has 0 bridgehead atoms. The normalized spacial score (nSPS) is 12.3. The van der Waals surface area contributed by atoms with Crippen LogP contribution in [0.25, 0.3) is 0 Å². The van der Waals surface area contributed by atoms with Crippen LogP contribution in [0.15, 0.2) is 0 Å². The van der Waals surface area contributed by atoms with E-state index < -0.39 is 7.60 Å². The zero-order valence-corrected chi connectivity index (χ0v) is 11.1. The van der Waals surface area contributed by atoms with Gasteiger partial charge in [-0.15, -0.1) is 0 Å². The second kappa shape index (κ2) is 10.00. The maximum Gasteiger partial charge on any atom is 0.325 e. The Balaban J connectivity index is 3.44. The molecule has 0 aliphatic carbocycles. The van der Waals surface area contributed by atoms with Gasteiger partial charge in [0.15, 0.2) is 0 Å². The van der Waals surface area contributed by atoms with Crippen LogP contribution >= 0.6 is 7.60 Å². The molecule has 104 valence electrons. The van der Waals surface area contributed by atoms with Gasteiger partial charge < -0.3 is 20.0 Å². The first kappa shape index (κ1) is 17.0. The van der Waals surface area contributed by atoms with E-state index in [0.717, 1.165) is 25.8 Å². The zero-order valence-electron chi connectivity index (χ0n) is 10.2. The monoisotopic (exact) mass is 269 g/mol. The van der Waals surface area contributed by atoms with Crippen LogP contribution in [0.5, 0.6) is 0 Å². The predicted octanol–water partition coefficient (Wildman–Crippen LogP) is 0.0111. The lowest BCUT2D eigenvalue weighted by atomic mass is 10.2. The van der Waals surface area contributed by atoms with E-state index in [1.54, 1.807) is 0 Å². The Morgan fingerprint density at radius 2 is 1.35 bits per heavy atom. The second-order valence-corrected chi connectivity index (χ2v) is 5.87. The quantitative estimate of drug-likeness (QED) is 0.311. The van der Waals surface area contributed by atoms with Crippen LogP contribution in [-0.2, 0) is 4.57 Å². The summed E-state index contributed by atoms with van der Waals surface area (Å²) in [6.45, 7) is 2.08. The number of unbranched alkanes of at least 4 members (excludes halogenated alkanes) is 3. The highest BCUT2D eigenvalue weighted by Gasteiger charge is 2.11. The molecule has 0 aliphatic heterocycles. The summed E-state index contributed by atoms with van der Waals surface area (Å²) >= 11 is 0. The minimum absolute atomic E-state index is 0.0377. The minimum atomic E-state index is -3.83. The molecule has 0 saturated heterocycles. The summed E-state index contributed by atoms with van der Waals surface area (Å²) in [5.41, 5.74) is 0. The van der Waals surface area contributed by atoms with Crippen molar-refractivity contribution in [1.82, 2.24) is 4.90 Å². The molecule has 0 spiro atoms. The van der Waals surface area contributed by atoms with Crippen molar-refractivity contribution in [3.05, 3.63) is 0 Å². The molecule has 0 fully saturated rings. The molecule has 0 aliphatic rings. The van der Waals surface area contributed by atoms with E-state index in [1.165, 1.54) is 0 Å². The molecular formula is C10H24NO5P. The molecule has 0 radical (unpaired) electrons. The highest BCUT2D eigenvalue weighted by molar-refractivity contribution is 7.51. The Bertz CT molecular complexity index is 215. The smallest absolute Gasteiger partial charge is 0.325 e. The van der Waals surface area contributed by atoms with Crippen molar-refractivity contribution < 1.29 is 24.6 Å². The highest BCUT2D eigenvalue weighted by atomic mass is 31.2. The fourth-order valence-electron chi connectivity index (χ4n) is 1.62. The summed E-state index contributed by atoms with van der Waals surface area (Å²) in [5.74, 6) is 0. The summed E-state index contributed by atoms with van der Waals surface area (Å²) in [5, 5.41) is 17.6. The predicted molar refractivity (Wildman–Crippen MR) is 66.0 cm³/mol. The molecule has 0 aromatic carbocycles. The second-order valence-electron chi connectivity index (χ2n) is 4.09. The van der Waals surface area contributed by atoms with Gasteiger partial charge in [-0.05, 0) is 19.4 Å². The fourth-order valence-corrected chi connectivity index (χ4v) is 2.26. The van der Waals surface area contributed by atoms with Crippen LogP contribution in [0.2, 0.25) is 0 Å².